The van der Waals surface area contributed by atoms with E-state index in [1.165, 1.54) is 25.7 Å². The van der Waals surface area contributed by atoms with Gasteiger partial charge in [-0.1, -0.05) is 13.3 Å². The second-order valence-corrected chi connectivity index (χ2v) is 7.34. The first kappa shape index (κ1) is 24.4. The van der Waals surface area contributed by atoms with Crippen LogP contribution in [0.3, 0.4) is 0 Å². The van der Waals surface area contributed by atoms with Gasteiger partial charge in [-0.3, -0.25) is 9.89 Å². The molecule has 1 fully saturated rings. The minimum Gasteiger partial charge on any atom is -0.356 e. The number of likely N-dealkylation sites (tertiary alicyclic amines) is 1. The molecule has 0 saturated carbocycles. The first-order valence-corrected chi connectivity index (χ1v) is 10.0. The van der Waals surface area contributed by atoms with Gasteiger partial charge in [0.25, 0.3) is 0 Å². The lowest BCUT2D eigenvalue weighted by Gasteiger charge is -2.35. The van der Waals surface area contributed by atoms with Crippen molar-refractivity contribution in [2.24, 2.45) is 4.99 Å². The van der Waals surface area contributed by atoms with E-state index in [0.717, 1.165) is 36.4 Å². The lowest BCUT2D eigenvalue weighted by atomic mass is 10.0. The van der Waals surface area contributed by atoms with Gasteiger partial charge in [-0.05, 0) is 25.8 Å². The normalized spacial score (nSPS) is 18.9. The van der Waals surface area contributed by atoms with Gasteiger partial charge in [-0.2, -0.15) is 13.2 Å². The average Bonchev–Trinajstić information content (AvgIpc) is 3.10. The Bertz CT molecular complexity index is 579. The van der Waals surface area contributed by atoms with Gasteiger partial charge in [-0.15, -0.1) is 35.3 Å². The molecule has 2 rings (SSSR count). The minimum atomic E-state index is -4.37. The van der Waals surface area contributed by atoms with Gasteiger partial charge >= 0.3 is 6.18 Å². The molecule has 0 radical (unpaired) electrons. The third-order valence-electron chi connectivity index (χ3n) is 4.61. The number of aromatic nitrogens is 1. The van der Waals surface area contributed by atoms with Crippen molar-refractivity contribution in [3.05, 3.63) is 16.1 Å². The molecule has 1 saturated heterocycles. The van der Waals surface area contributed by atoms with Crippen LogP contribution in [0, 0.1) is 0 Å². The van der Waals surface area contributed by atoms with Crippen molar-refractivity contribution in [2.75, 3.05) is 33.2 Å². The Labute approximate surface area is 180 Å². The van der Waals surface area contributed by atoms with Gasteiger partial charge in [0, 0.05) is 44.5 Å². The van der Waals surface area contributed by atoms with Gasteiger partial charge < -0.3 is 10.6 Å². The molecule has 1 aromatic heterocycles. The van der Waals surface area contributed by atoms with Crippen LogP contribution in [0.25, 0.3) is 0 Å². The number of guanidine groups is 1. The molecule has 2 heterocycles. The molecule has 0 spiro atoms. The summed E-state index contributed by atoms with van der Waals surface area (Å²) < 4.78 is 37.6. The Balaban J connectivity index is 0.00000364. The number of hydrogen-bond acceptors (Lipinski definition) is 4. The zero-order chi connectivity index (χ0) is 19.0. The van der Waals surface area contributed by atoms with Gasteiger partial charge in [-0.25, -0.2) is 4.98 Å². The zero-order valence-corrected chi connectivity index (χ0v) is 19.0. The molecule has 0 bridgehead atoms. The highest BCUT2D eigenvalue weighted by atomic mass is 127. The van der Waals surface area contributed by atoms with Gasteiger partial charge in [0.05, 0.1) is 5.01 Å². The molecule has 1 unspecified atom stereocenters. The van der Waals surface area contributed by atoms with Crippen molar-refractivity contribution in [1.29, 1.82) is 0 Å². The number of nitrogens with zero attached hydrogens (tertiary/aromatic N) is 3. The van der Waals surface area contributed by atoms with Crippen LogP contribution in [0.1, 0.15) is 43.3 Å². The lowest BCUT2D eigenvalue weighted by molar-refractivity contribution is -0.140. The molecule has 2 N–H and O–H groups in total. The maximum Gasteiger partial charge on any atom is 0.434 e. The molecule has 0 amide bonds. The van der Waals surface area contributed by atoms with Crippen LogP contribution < -0.4 is 10.6 Å². The Hall–Kier alpha value is -0.620. The van der Waals surface area contributed by atoms with Gasteiger partial charge in [0.15, 0.2) is 11.7 Å². The van der Waals surface area contributed by atoms with Crippen molar-refractivity contribution in [2.45, 2.75) is 51.2 Å². The molecule has 1 aromatic rings. The van der Waals surface area contributed by atoms with Gasteiger partial charge in [0.2, 0.25) is 0 Å². The zero-order valence-electron chi connectivity index (χ0n) is 15.8. The van der Waals surface area contributed by atoms with Crippen molar-refractivity contribution in [3.8, 4) is 0 Å². The van der Waals surface area contributed by atoms with E-state index in [-0.39, 0.29) is 24.0 Å². The van der Waals surface area contributed by atoms with E-state index in [9.17, 15) is 13.2 Å². The number of hydrogen-bond donors (Lipinski definition) is 2. The fourth-order valence-corrected chi connectivity index (χ4v) is 4.00. The molecule has 5 nitrogen and oxygen atoms in total. The van der Waals surface area contributed by atoms with Crippen LogP contribution in [0.2, 0.25) is 0 Å². The Morgan fingerprint density at radius 1 is 1.33 bits per heavy atom. The summed E-state index contributed by atoms with van der Waals surface area (Å²) in [5.41, 5.74) is -0.813. The van der Waals surface area contributed by atoms with E-state index >= 15 is 0 Å². The number of rotatable bonds is 7. The highest BCUT2D eigenvalue weighted by Gasteiger charge is 2.33. The van der Waals surface area contributed by atoms with Crippen LogP contribution >= 0.6 is 35.3 Å². The molecule has 1 aliphatic heterocycles. The maximum atomic E-state index is 12.5. The maximum absolute atomic E-state index is 12.5. The molecule has 27 heavy (non-hydrogen) atoms. The van der Waals surface area contributed by atoms with Crippen LogP contribution in [0.15, 0.2) is 10.4 Å². The summed E-state index contributed by atoms with van der Waals surface area (Å²) in [5, 5.41) is 7.94. The predicted molar refractivity (Wildman–Crippen MR) is 115 cm³/mol. The third kappa shape index (κ3) is 8.10. The molecule has 1 aliphatic rings. The Morgan fingerprint density at radius 3 is 2.70 bits per heavy atom. The van der Waals surface area contributed by atoms with Crippen molar-refractivity contribution in [3.63, 3.8) is 0 Å². The quantitative estimate of drug-likeness (QED) is 0.328. The number of nitrogens with one attached hydrogen (secondary N) is 2. The summed E-state index contributed by atoms with van der Waals surface area (Å²) >= 11 is 1.04. The average molecular weight is 519 g/mol. The van der Waals surface area contributed by atoms with Crippen LogP contribution in [0.4, 0.5) is 13.2 Å². The number of alkyl halides is 3. The fraction of sp³-hybridized carbons (Fsp3) is 0.765. The van der Waals surface area contributed by atoms with E-state index in [1.807, 2.05) is 0 Å². The summed E-state index contributed by atoms with van der Waals surface area (Å²) in [6.07, 6.45) is 1.10. The van der Waals surface area contributed by atoms with E-state index in [4.69, 9.17) is 0 Å². The molecular weight excluding hydrogens is 490 g/mol. The van der Waals surface area contributed by atoms with E-state index in [2.05, 4.69) is 32.4 Å². The van der Waals surface area contributed by atoms with Crippen LogP contribution in [0.5, 0.6) is 0 Å². The number of halogens is 4. The monoisotopic (exact) mass is 519 g/mol. The molecular formula is C17H29F3IN5S. The largest absolute Gasteiger partial charge is 0.434 e. The smallest absolute Gasteiger partial charge is 0.356 e. The molecule has 0 aliphatic carbocycles. The summed E-state index contributed by atoms with van der Waals surface area (Å²) in [6.45, 7) is 5.65. The topological polar surface area (TPSA) is 52.5 Å². The van der Waals surface area contributed by atoms with E-state index < -0.39 is 11.9 Å². The summed E-state index contributed by atoms with van der Waals surface area (Å²) in [4.78, 5) is 10.3. The molecule has 10 heteroatoms. The summed E-state index contributed by atoms with van der Waals surface area (Å²) in [7, 11) is 1.69. The first-order chi connectivity index (χ1) is 12.4. The first-order valence-electron chi connectivity index (χ1n) is 9.14. The highest BCUT2D eigenvalue weighted by molar-refractivity contribution is 14.0. The molecule has 156 valence electrons. The number of piperidine rings is 1. The molecule has 1 atom stereocenters. The van der Waals surface area contributed by atoms with Crippen LogP contribution in [-0.4, -0.2) is 55.1 Å². The van der Waals surface area contributed by atoms with Crippen LogP contribution in [-0.2, 0) is 12.6 Å². The summed E-state index contributed by atoms with van der Waals surface area (Å²) in [6, 6.07) is 0.674. The standard InChI is InChI=1S/C17H28F3N5S.HI/c1-3-13-6-4-5-10-25(13)11-9-23-16(21-2)22-8-7-15-24-14(12-26-15)17(18,19)20;/h12-13H,3-11H2,1-2H3,(H2,21,22,23);1H. The van der Waals surface area contributed by atoms with E-state index in [1.54, 1.807) is 7.05 Å². The van der Waals surface area contributed by atoms with Crippen molar-refractivity contribution < 1.29 is 13.2 Å². The predicted octanol–water partition coefficient (Wildman–Crippen LogP) is 3.75. The SMILES string of the molecule is CCC1CCCCN1CCNC(=NC)NCCc1nc(C(F)(F)F)cs1.I. The van der Waals surface area contributed by atoms with E-state index in [0.29, 0.717) is 30.0 Å². The summed E-state index contributed by atoms with van der Waals surface area (Å²) in [5.74, 6) is 0.669. The second-order valence-electron chi connectivity index (χ2n) is 6.39. The van der Waals surface area contributed by atoms with Gasteiger partial charge in [0.1, 0.15) is 0 Å². The third-order valence-corrected chi connectivity index (χ3v) is 5.52. The lowest BCUT2D eigenvalue weighted by Crippen LogP contribution is -2.46. The fourth-order valence-electron chi connectivity index (χ4n) is 3.20. The minimum absolute atomic E-state index is 0. The van der Waals surface area contributed by atoms with Crippen molar-refractivity contribution in [1.82, 2.24) is 20.5 Å². The number of aliphatic imine (C=N–C) groups is 1. The number of thiazole rings is 1. The molecule has 0 aromatic carbocycles. The van der Waals surface area contributed by atoms with Crippen molar-refractivity contribution >= 4 is 41.3 Å². The Morgan fingerprint density at radius 2 is 2.07 bits per heavy atom. The Kier molecular flexibility index (Phi) is 10.9. The second kappa shape index (κ2) is 12.1. The highest BCUT2D eigenvalue weighted by Crippen LogP contribution is 2.30.